The van der Waals surface area contributed by atoms with E-state index in [0.717, 1.165) is 34.1 Å². The Bertz CT molecular complexity index is 697. The standard InChI is InChI=1S/2C10H10O2/c2*1-2-3-8-4-5-9-10(6-8)12-7-11-9/h2*2-6H,7H2,1H3/b3-2+;3-2-. The van der Waals surface area contributed by atoms with E-state index in [9.17, 15) is 0 Å². The molecule has 2 aromatic rings. The van der Waals surface area contributed by atoms with Crippen LogP contribution >= 0.6 is 0 Å². The first-order valence-corrected chi connectivity index (χ1v) is 7.85. The Morgan fingerprint density at radius 3 is 1.46 bits per heavy atom. The van der Waals surface area contributed by atoms with Crippen LogP contribution in [0.1, 0.15) is 25.0 Å². The second-order valence-electron chi connectivity index (χ2n) is 5.23. The molecule has 0 radical (unpaired) electrons. The lowest BCUT2D eigenvalue weighted by Gasteiger charge is -1.96. The van der Waals surface area contributed by atoms with Gasteiger partial charge in [0.05, 0.1) is 0 Å². The summed E-state index contributed by atoms with van der Waals surface area (Å²) in [5.41, 5.74) is 2.28. The molecule has 4 nitrogen and oxygen atoms in total. The molecule has 0 aromatic heterocycles. The number of rotatable bonds is 2. The van der Waals surface area contributed by atoms with Crippen LogP contribution in [0.5, 0.6) is 23.0 Å². The predicted molar refractivity (Wildman–Crippen MR) is 94.5 cm³/mol. The zero-order valence-electron chi connectivity index (χ0n) is 13.8. The van der Waals surface area contributed by atoms with Crippen LogP contribution in [-0.2, 0) is 0 Å². The molecule has 124 valence electrons. The van der Waals surface area contributed by atoms with Crippen LogP contribution in [0.25, 0.3) is 12.2 Å². The highest BCUT2D eigenvalue weighted by Crippen LogP contribution is 2.33. The Hall–Kier alpha value is -2.88. The quantitative estimate of drug-likeness (QED) is 0.787. The van der Waals surface area contributed by atoms with Crippen LogP contribution in [0.15, 0.2) is 48.6 Å². The molecule has 4 rings (SSSR count). The summed E-state index contributed by atoms with van der Waals surface area (Å²) in [5.74, 6) is 3.35. The van der Waals surface area contributed by atoms with E-state index in [2.05, 4.69) is 0 Å². The molecule has 0 saturated heterocycles. The van der Waals surface area contributed by atoms with Crippen LogP contribution in [0.2, 0.25) is 0 Å². The second-order valence-corrected chi connectivity index (χ2v) is 5.23. The molecule has 0 bridgehead atoms. The summed E-state index contributed by atoms with van der Waals surface area (Å²) in [7, 11) is 0. The van der Waals surface area contributed by atoms with Gasteiger partial charge in [0, 0.05) is 0 Å². The molecule has 0 fully saturated rings. The summed E-state index contributed by atoms with van der Waals surface area (Å²) in [6.07, 6.45) is 8.05. The Labute approximate surface area is 141 Å². The van der Waals surface area contributed by atoms with E-state index in [4.69, 9.17) is 18.9 Å². The Morgan fingerprint density at radius 1 is 0.625 bits per heavy atom. The first-order valence-electron chi connectivity index (χ1n) is 7.85. The van der Waals surface area contributed by atoms with Crippen molar-refractivity contribution in [1.82, 2.24) is 0 Å². The van der Waals surface area contributed by atoms with E-state index in [1.54, 1.807) is 0 Å². The van der Waals surface area contributed by atoms with Gasteiger partial charge in [-0.25, -0.2) is 0 Å². The lowest BCUT2D eigenvalue weighted by atomic mass is 10.2. The van der Waals surface area contributed by atoms with Crippen molar-refractivity contribution >= 4 is 12.2 Å². The summed E-state index contributed by atoms with van der Waals surface area (Å²) in [5, 5.41) is 0. The van der Waals surface area contributed by atoms with Gasteiger partial charge in [-0.3, -0.25) is 0 Å². The monoisotopic (exact) mass is 324 g/mol. The summed E-state index contributed by atoms with van der Waals surface area (Å²) in [6.45, 7) is 4.67. The number of fused-ring (bicyclic) bond motifs is 2. The van der Waals surface area contributed by atoms with Crippen molar-refractivity contribution < 1.29 is 18.9 Å². The fraction of sp³-hybridized carbons (Fsp3) is 0.200. The highest BCUT2D eigenvalue weighted by molar-refractivity contribution is 5.57. The molecule has 0 aliphatic carbocycles. The molecular formula is C20H20O4. The van der Waals surface area contributed by atoms with E-state index >= 15 is 0 Å². The third-order valence-corrected chi connectivity index (χ3v) is 3.51. The summed E-state index contributed by atoms with van der Waals surface area (Å²) >= 11 is 0. The zero-order valence-corrected chi connectivity index (χ0v) is 13.8. The number of benzene rings is 2. The second kappa shape index (κ2) is 7.59. The summed E-state index contributed by atoms with van der Waals surface area (Å²) in [4.78, 5) is 0. The SMILES string of the molecule is C/C=C/c1ccc2c(c1)OCO2.C/C=C\c1ccc2c(c1)OCO2. The van der Waals surface area contributed by atoms with Gasteiger partial charge >= 0.3 is 0 Å². The molecule has 0 amide bonds. The highest BCUT2D eigenvalue weighted by Gasteiger charge is 2.12. The average molecular weight is 324 g/mol. The highest BCUT2D eigenvalue weighted by atomic mass is 16.7. The van der Waals surface area contributed by atoms with Gasteiger partial charge in [-0.05, 0) is 49.2 Å². The molecule has 4 heteroatoms. The van der Waals surface area contributed by atoms with Crippen LogP contribution < -0.4 is 18.9 Å². The van der Waals surface area contributed by atoms with Gasteiger partial charge in [0.25, 0.3) is 0 Å². The van der Waals surface area contributed by atoms with E-state index in [1.165, 1.54) is 0 Å². The number of hydrogen-bond donors (Lipinski definition) is 0. The molecule has 2 aromatic carbocycles. The van der Waals surface area contributed by atoms with Gasteiger partial charge < -0.3 is 18.9 Å². The van der Waals surface area contributed by atoms with Crippen molar-refractivity contribution in [3.8, 4) is 23.0 Å². The van der Waals surface area contributed by atoms with Crippen LogP contribution in [-0.4, -0.2) is 13.6 Å². The van der Waals surface area contributed by atoms with Gasteiger partial charge in [0.15, 0.2) is 23.0 Å². The maximum absolute atomic E-state index is 5.23. The molecule has 0 spiro atoms. The van der Waals surface area contributed by atoms with E-state index in [-0.39, 0.29) is 0 Å². The third-order valence-electron chi connectivity index (χ3n) is 3.51. The normalized spacial score (nSPS) is 14.1. The van der Waals surface area contributed by atoms with Gasteiger partial charge in [0.2, 0.25) is 13.6 Å². The molecule has 0 unspecified atom stereocenters. The maximum atomic E-state index is 5.23. The number of allylic oxidation sites excluding steroid dienone is 2. The van der Waals surface area contributed by atoms with Crippen molar-refractivity contribution in [3.63, 3.8) is 0 Å². The predicted octanol–water partition coefficient (Wildman–Crippen LogP) is 4.90. The molecule has 2 heterocycles. The van der Waals surface area contributed by atoms with Gasteiger partial charge in [-0.1, -0.05) is 36.4 Å². The minimum Gasteiger partial charge on any atom is -0.454 e. The fourth-order valence-corrected chi connectivity index (χ4v) is 2.42. The van der Waals surface area contributed by atoms with Crippen molar-refractivity contribution in [2.45, 2.75) is 13.8 Å². The topological polar surface area (TPSA) is 36.9 Å². The van der Waals surface area contributed by atoms with Crippen molar-refractivity contribution in [2.24, 2.45) is 0 Å². The number of hydrogen-bond acceptors (Lipinski definition) is 4. The maximum Gasteiger partial charge on any atom is 0.231 e. The average Bonchev–Trinajstić information content (AvgIpc) is 3.24. The first-order chi connectivity index (χ1) is 11.8. The summed E-state index contributed by atoms with van der Waals surface area (Å²) < 4.78 is 20.8. The molecule has 0 N–H and O–H groups in total. The lowest BCUT2D eigenvalue weighted by Crippen LogP contribution is -1.92. The van der Waals surface area contributed by atoms with Crippen molar-refractivity contribution in [1.29, 1.82) is 0 Å². The zero-order chi connectivity index (χ0) is 16.8. The lowest BCUT2D eigenvalue weighted by molar-refractivity contribution is 0.173. The van der Waals surface area contributed by atoms with E-state index in [1.807, 2.05) is 74.5 Å². The molecule has 24 heavy (non-hydrogen) atoms. The van der Waals surface area contributed by atoms with Crippen LogP contribution in [0.4, 0.5) is 0 Å². The van der Waals surface area contributed by atoms with Crippen molar-refractivity contribution in [2.75, 3.05) is 13.6 Å². The smallest absolute Gasteiger partial charge is 0.231 e. The van der Waals surface area contributed by atoms with Gasteiger partial charge in [0.1, 0.15) is 0 Å². The number of ether oxygens (including phenoxy) is 4. The minimum absolute atomic E-state index is 0.342. The molecule has 2 aliphatic heterocycles. The minimum atomic E-state index is 0.342. The first kappa shape index (κ1) is 16.0. The van der Waals surface area contributed by atoms with E-state index in [0.29, 0.717) is 13.6 Å². The Kier molecular flexibility index (Phi) is 5.06. The largest absolute Gasteiger partial charge is 0.454 e. The molecule has 2 aliphatic rings. The molecular weight excluding hydrogens is 304 g/mol. The van der Waals surface area contributed by atoms with Crippen LogP contribution in [0, 0.1) is 0 Å². The molecule has 0 atom stereocenters. The van der Waals surface area contributed by atoms with Gasteiger partial charge in [-0.15, -0.1) is 0 Å². The van der Waals surface area contributed by atoms with Crippen LogP contribution in [0.3, 0.4) is 0 Å². The Balaban J connectivity index is 0.000000141. The third kappa shape index (κ3) is 3.71. The summed E-state index contributed by atoms with van der Waals surface area (Å²) in [6, 6.07) is 11.8. The molecule has 0 saturated carbocycles. The van der Waals surface area contributed by atoms with E-state index < -0.39 is 0 Å². The fourth-order valence-electron chi connectivity index (χ4n) is 2.42. The van der Waals surface area contributed by atoms with Crippen molar-refractivity contribution in [3.05, 3.63) is 59.7 Å². The van der Waals surface area contributed by atoms with Gasteiger partial charge in [-0.2, -0.15) is 0 Å². The Morgan fingerprint density at radius 2 is 1.04 bits per heavy atom.